The third-order valence-electron chi connectivity index (χ3n) is 3.24. The second-order valence-corrected chi connectivity index (χ2v) is 4.76. The third kappa shape index (κ3) is 2.95. The molecule has 6 heteroatoms. The molecule has 2 aliphatic rings. The van der Waals surface area contributed by atoms with E-state index in [-0.39, 0.29) is 11.9 Å². The molecule has 0 spiro atoms. The lowest BCUT2D eigenvalue weighted by molar-refractivity contribution is -0.126. The van der Waals surface area contributed by atoms with Crippen molar-refractivity contribution in [2.24, 2.45) is 0 Å². The fourth-order valence-electron chi connectivity index (χ4n) is 2.09. The summed E-state index contributed by atoms with van der Waals surface area (Å²) in [6.07, 6.45) is 1.02. The van der Waals surface area contributed by atoms with E-state index in [1.807, 2.05) is 0 Å². The van der Waals surface area contributed by atoms with Crippen LogP contribution in [0.2, 0.25) is 0 Å². The molecule has 0 aromatic rings. The largest absolute Gasteiger partial charge is 0.465 e. The number of carbonyl (C=O) groups is 2. The van der Waals surface area contributed by atoms with Gasteiger partial charge in [0.1, 0.15) is 5.60 Å². The Bertz CT molecular complexity index is 320. The normalized spacial score (nSPS) is 33.1. The number of hydrogen-bond acceptors (Lipinski definition) is 4. The van der Waals surface area contributed by atoms with Gasteiger partial charge in [-0.15, -0.1) is 0 Å². The first kappa shape index (κ1) is 12.3. The number of Topliss-reactive ketones (excluding diaryl/α,β-unsaturated/α-hetero) is 1. The van der Waals surface area contributed by atoms with Gasteiger partial charge in [0.2, 0.25) is 0 Å². The van der Waals surface area contributed by atoms with E-state index in [1.165, 1.54) is 0 Å². The van der Waals surface area contributed by atoms with E-state index in [0.717, 1.165) is 12.8 Å². The number of nitrogens with one attached hydrogen (secondary N) is 1. The molecule has 2 fully saturated rings. The molecule has 0 aromatic carbocycles. The lowest BCUT2D eigenvalue weighted by Crippen LogP contribution is -2.47. The zero-order valence-corrected chi connectivity index (χ0v) is 9.77. The standard InChI is InChI=1S/C11H17NO5/c1-11(6-17-11)9(13)8(12-10(14)15)5-7-3-2-4-16-7/h7-8,12H,2-6H2,1H3,(H,14,15). The van der Waals surface area contributed by atoms with Crippen molar-refractivity contribution in [1.29, 1.82) is 0 Å². The number of hydrogen-bond donors (Lipinski definition) is 2. The van der Waals surface area contributed by atoms with Crippen LogP contribution >= 0.6 is 0 Å². The van der Waals surface area contributed by atoms with E-state index in [0.29, 0.717) is 19.6 Å². The smallest absolute Gasteiger partial charge is 0.405 e. The number of rotatable bonds is 5. The molecule has 1 amide bonds. The first-order valence-electron chi connectivity index (χ1n) is 5.80. The van der Waals surface area contributed by atoms with E-state index >= 15 is 0 Å². The van der Waals surface area contributed by atoms with Gasteiger partial charge in [-0.05, 0) is 19.8 Å². The van der Waals surface area contributed by atoms with Gasteiger partial charge in [0, 0.05) is 13.0 Å². The van der Waals surface area contributed by atoms with Crippen molar-refractivity contribution in [3.05, 3.63) is 0 Å². The summed E-state index contributed by atoms with van der Waals surface area (Å²) in [5.74, 6) is -0.199. The maximum atomic E-state index is 12.0. The van der Waals surface area contributed by atoms with E-state index in [1.54, 1.807) is 6.92 Å². The molecule has 96 valence electrons. The van der Waals surface area contributed by atoms with Crippen molar-refractivity contribution in [2.45, 2.75) is 43.9 Å². The number of ketones is 1. The van der Waals surface area contributed by atoms with Gasteiger partial charge in [-0.25, -0.2) is 4.79 Å². The van der Waals surface area contributed by atoms with Gasteiger partial charge in [-0.2, -0.15) is 0 Å². The Hall–Kier alpha value is -1.14. The van der Waals surface area contributed by atoms with E-state index in [2.05, 4.69) is 5.32 Å². The molecule has 2 rings (SSSR count). The van der Waals surface area contributed by atoms with E-state index in [9.17, 15) is 9.59 Å². The van der Waals surface area contributed by atoms with Gasteiger partial charge < -0.3 is 19.9 Å². The van der Waals surface area contributed by atoms with Crippen molar-refractivity contribution in [3.8, 4) is 0 Å². The van der Waals surface area contributed by atoms with Crippen molar-refractivity contribution in [1.82, 2.24) is 5.32 Å². The molecule has 0 aromatic heterocycles. The average molecular weight is 243 g/mol. The van der Waals surface area contributed by atoms with Crippen molar-refractivity contribution >= 4 is 11.9 Å². The summed E-state index contributed by atoms with van der Waals surface area (Å²) in [7, 11) is 0. The third-order valence-corrected chi connectivity index (χ3v) is 3.24. The molecule has 0 bridgehead atoms. The quantitative estimate of drug-likeness (QED) is 0.688. The van der Waals surface area contributed by atoms with Crippen LogP contribution in [0.25, 0.3) is 0 Å². The van der Waals surface area contributed by atoms with Gasteiger partial charge in [-0.1, -0.05) is 0 Å². The van der Waals surface area contributed by atoms with Gasteiger partial charge in [0.05, 0.1) is 18.8 Å². The van der Waals surface area contributed by atoms with Crippen molar-refractivity contribution < 1.29 is 24.2 Å². The van der Waals surface area contributed by atoms with E-state index < -0.39 is 17.7 Å². The fraction of sp³-hybridized carbons (Fsp3) is 0.818. The summed E-state index contributed by atoms with van der Waals surface area (Å²) in [6, 6.07) is -0.733. The van der Waals surface area contributed by atoms with Crippen LogP contribution in [0.1, 0.15) is 26.2 Å². The van der Waals surface area contributed by atoms with Gasteiger partial charge in [0.15, 0.2) is 5.78 Å². The number of carbonyl (C=O) groups excluding carboxylic acids is 1. The Morgan fingerprint density at radius 3 is 2.76 bits per heavy atom. The second kappa shape index (κ2) is 4.62. The van der Waals surface area contributed by atoms with Crippen LogP contribution in [0.15, 0.2) is 0 Å². The summed E-state index contributed by atoms with van der Waals surface area (Å²) in [6.45, 7) is 2.74. The maximum Gasteiger partial charge on any atom is 0.405 e. The molecule has 0 saturated carbocycles. The Kier molecular flexibility index (Phi) is 3.35. The summed E-state index contributed by atoms with van der Waals surface area (Å²) in [5, 5.41) is 11.0. The molecule has 3 atom stereocenters. The number of ether oxygens (including phenoxy) is 2. The van der Waals surface area contributed by atoms with Crippen LogP contribution in [0.4, 0.5) is 4.79 Å². The molecule has 0 aliphatic carbocycles. The molecule has 17 heavy (non-hydrogen) atoms. The summed E-state index contributed by atoms with van der Waals surface area (Å²) >= 11 is 0. The highest BCUT2D eigenvalue weighted by molar-refractivity contribution is 5.95. The van der Waals surface area contributed by atoms with Crippen molar-refractivity contribution in [2.75, 3.05) is 13.2 Å². The molecule has 2 heterocycles. The topological polar surface area (TPSA) is 88.2 Å². The SMILES string of the molecule is CC1(C(=O)C(CC2CCCO2)NC(=O)O)CO1. The summed E-state index contributed by atoms with van der Waals surface area (Å²) in [5.41, 5.74) is -0.800. The molecule has 2 aliphatic heterocycles. The number of amides is 1. The monoisotopic (exact) mass is 243 g/mol. The highest BCUT2D eigenvalue weighted by atomic mass is 16.6. The molecule has 6 nitrogen and oxygen atoms in total. The minimum Gasteiger partial charge on any atom is -0.465 e. The van der Waals surface area contributed by atoms with Gasteiger partial charge in [0.25, 0.3) is 0 Å². The van der Waals surface area contributed by atoms with E-state index in [4.69, 9.17) is 14.6 Å². The Morgan fingerprint density at radius 2 is 2.29 bits per heavy atom. The van der Waals surface area contributed by atoms with Crippen LogP contribution in [0, 0.1) is 0 Å². The molecule has 3 unspecified atom stereocenters. The van der Waals surface area contributed by atoms with Crippen LogP contribution in [0.3, 0.4) is 0 Å². The zero-order valence-electron chi connectivity index (χ0n) is 9.77. The first-order chi connectivity index (χ1) is 8.01. The first-order valence-corrected chi connectivity index (χ1v) is 5.80. The maximum absolute atomic E-state index is 12.0. The van der Waals surface area contributed by atoms with Gasteiger partial charge in [-0.3, -0.25) is 4.79 Å². The lowest BCUT2D eigenvalue weighted by Gasteiger charge is -2.20. The summed E-state index contributed by atoms with van der Waals surface area (Å²) in [4.78, 5) is 22.7. The van der Waals surface area contributed by atoms with Crippen LogP contribution < -0.4 is 5.32 Å². The molecular formula is C11H17NO5. The number of epoxide rings is 1. The predicted molar refractivity (Wildman–Crippen MR) is 57.9 cm³/mol. The highest BCUT2D eigenvalue weighted by Crippen LogP contribution is 2.30. The second-order valence-electron chi connectivity index (χ2n) is 4.76. The Morgan fingerprint density at radius 1 is 1.59 bits per heavy atom. The molecular weight excluding hydrogens is 226 g/mol. The van der Waals surface area contributed by atoms with Crippen LogP contribution in [-0.4, -0.2) is 47.9 Å². The molecule has 2 saturated heterocycles. The fourth-order valence-corrected chi connectivity index (χ4v) is 2.09. The zero-order chi connectivity index (χ0) is 12.5. The minimum absolute atomic E-state index is 0.0295. The predicted octanol–water partition coefficient (Wildman–Crippen LogP) is 0.550. The highest BCUT2D eigenvalue weighted by Gasteiger charge is 2.50. The number of carboxylic acid groups (broad SMARTS) is 1. The average Bonchev–Trinajstić information content (AvgIpc) is 2.80. The Balaban J connectivity index is 1.96. The minimum atomic E-state index is -1.19. The lowest BCUT2D eigenvalue weighted by atomic mass is 9.95. The summed E-state index contributed by atoms with van der Waals surface area (Å²) < 4.78 is 10.5. The Labute approximate surface area is 99.3 Å². The van der Waals surface area contributed by atoms with Crippen LogP contribution in [-0.2, 0) is 14.3 Å². The van der Waals surface area contributed by atoms with Crippen LogP contribution in [0.5, 0.6) is 0 Å². The van der Waals surface area contributed by atoms with Crippen molar-refractivity contribution in [3.63, 3.8) is 0 Å². The van der Waals surface area contributed by atoms with Gasteiger partial charge >= 0.3 is 6.09 Å². The molecule has 0 radical (unpaired) electrons. The molecule has 2 N–H and O–H groups in total.